The van der Waals surface area contributed by atoms with Gasteiger partial charge in [-0.05, 0) is 62.9 Å². The molecule has 4 aliphatic rings. The maximum Gasteiger partial charge on any atom is 0.255 e. The topological polar surface area (TPSA) is 180 Å². The molecule has 4 atom stereocenters. The second-order valence-electron chi connectivity index (χ2n) is 13.7. The summed E-state index contributed by atoms with van der Waals surface area (Å²) in [4.78, 5) is 45.6. The number of likely N-dealkylation sites (N-methyl/N-ethyl adjacent to an activating group) is 1. The number of aromatic hydroxyl groups is 1. The second kappa shape index (κ2) is 12.0. The van der Waals surface area contributed by atoms with Gasteiger partial charge in [-0.15, -0.1) is 0 Å². The lowest BCUT2D eigenvalue weighted by Gasteiger charge is -2.50. The van der Waals surface area contributed by atoms with Crippen LogP contribution in [0.15, 0.2) is 53.3 Å². The first-order chi connectivity index (χ1) is 22.2. The van der Waals surface area contributed by atoms with E-state index in [1.54, 1.807) is 14.1 Å². The number of likely N-dealkylation sites (tertiary alicyclic amines) is 1. The maximum atomic E-state index is 14.2. The van der Waals surface area contributed by atoms with Crippen LogP contribution in [-0.4, -0.2) is 107 Å². The number of aliphatic hydroxyl groups is 3. The zero-order valence-electron chi connectivity index (χ0n) is 27.2. The Bertz CT molecular complexity index is 1690. The number of nitrogens with two attached hydrogens (primary N) is 1. The molecule has 12 heteroatoms. The number of phenolic OH excluding ortho intramolecular Hbond substituents is 1. The standard InChI is InChI=1S/C35H43N5O7/c1-38(2)24-16-23(37-20-10-12-40(13-11-20)17-18-8-6-5-7-9-18)29(41)26-21(24)14-19-15-22-28(39(3)4)31(43)27(34(36)46)33(45)35(22,47)32(44)25(19)30(26)42/h5-9,16,19-20,22,28,37,41-42,45,47H,10-15,17H2,1-4H3,(H2,36,46)/t19-,22-,28+,35-/m0/s1. The number of carbonyl (C=O) groups is 3. The van der Waals surface area contributed by atoms with Gasteiger partial charge in [-0.1, -0.05) is 30.3 Å². The number of primary amides is 1. The number of benzene rings is 2. The van der Waals surface area contributed by atoms with E-state index in [4.69, 9.17) is 5.73 Å². The van der Waals surface area contributed by atoms with Crippen LogP contribution in [0.5, 0.6) is 5.75 Å². The van der Waals surface area contributed by atoms with Gasteiger partial charge in [0, 0.05) is 56.9 Å². The van der Waals surface area contributed by atoms with E-state index in [1.165, 1.54) is 10.5 Å². The average molecular weight is 646 g/mol. The lowest BCUT2D eigenvalue weighted by molar-refractivity contribution is -0.153. The van der Waals surface area contributed by atoms with Crippen LogP contribution in [0.3, 0.4) is 0 Å². The number of nitrogens with zero attached hydrogens (tertiary/aromatic N) is 3. The SMILES string of the molecule is CN(C)c1cc(NC2CCN(Cc3ccccc3)CC2)c(O)c2c1C[C@H]1C[C@H]3[C@@H](N(C)C)C(=O)C(C(N)=O)=C(O)[C@@]3(O)C(=O)C1=C2O. The number of phenols is 1. The van der Waals surface area contributed by atoms with Gasteiger partial charge in [-0.3, -0.25) is 24.2 Å². The largest absolute Gasteiger partial charge is 0.508 e. The third-order valence-electron chi connectivity index (χ3n) is 10.4. The highest BCUT2D eigenvalue weighted by Crippen LogP contribution is 2.54. The van der Waals surface area contributed by atoms with E-state index in [0.29, 0.717) is 11.3 Å². The molecule has 2 fully saturated rings. The predicted molar refractivity (Wildman–Crippen MR) is 177 cm³/mol. The molecule has 1 saturated heterocycles. The van der Waals surface area contributed by atoms with E-state index in [2.05, 4.69) is 22.3 Å². The molecule has 0 aromatic heterocycles. The van der Waals surface area contributed by atoms with E-state index in [0.717, 1.165) is 38.2 Å². The molecular weight excluding hydrogens is 602 g/mol. The molecular formula is C35H43N5O7. The quantitative estimate of drug-likeness (QED) is 0.192. The molecule has 0 spiro atoms. The summed E-state index contributed by atoms with van der Waals surface area (Å²) in [5, 5.41) is 49.9. The molecule has 12 nitrogen and oxygen atoms in total. The van der Waals surface area contributed by atoms with E-state index in [9.17, 15) is 34.8 Å². The van der Waals surface area contributed by atoms with Crippen molar-refractivity contribution in [1.29, 1.82) is 0 Å². The Morgan fingerprint density at radius 1 is 1.06 bits per heavy atom. The Hall–Kier alpha value is -4.39. The van der Waals surface area contributed by atoms with Gasteiger partial charge in [0.15, 0.2) is 11.4 Å². The Labute approximate surface area is 273 Å². The minimum Gasteiger partial charge on any atom is -0.508 e. The number of Topliss-reactive ketones (excluding diaryl/α,β-unsaturated/α-hetero) is 2. The summed E-state index contributed by atoms with van der Waals surface area (Å²) in [6.45, 7) is 2.59. The van der Waals surface area contributed by atoms with Gasteiger partial charge >= 0.3 is 0 Å². The molecule has 2 aromatic rings. The first-order valence-corrected chi connectivity index (χ1v) is 16.0. The lowest BCUT2D eigenvalue weighted by Crippen LogP contribution is -2.65. The lowest BCUT2D eigenvalue weighted by atomic mass is 9.57. The van der Waals surface area contributed by atoms with Crippen LogP contribution in [0.25, 0.3) is 5.76 Å². The first-order valence-electron chi connectivity index (χ1n) is 16.0. The molecule has 7 N–H and O–H groups in total. The van der Waals surface area contributed by atoms with Gasteiger partial charge in [0.1, 0.15) is 22.8 Å². The summed E-state index contributed by atoms with van der Waals surface area (Å²) in [7, 11) is 6.87. The number of ketones is 2. The highest BCUT2D eigenvalue weighted by atomic mass is 16.3. The monoisotopic (exact) mass is 645 g/mol. The van der Waals surface area contributed by atoms with Crippen LogP contribution in [-0.2, 0) is 27.3 Å². The number of amides is 1. The summed E-state index contributed by atoms with van der Waals surface area (Å²) in [5.41, 5.74) is 4.88. The number of anilines is 2. The molecule has 1 heterocycles. The number of nitrogens with one attached hydrogen (secondary N) is 1. The van der Waals surface area contributed by atoms with Crippen molar-refractivity contribution < 1.29 is 34.8 Å². The van der Waals surface area contributed by atoms with Crippen molar-refractivity contribution in [3.8, 4) is 5.75 Å². The van der Waals surface area contributed by atoms with E-state index in [-0.39, 0.29) is 35.8 Å². The molecule has 0 radical (unpaired) electrons. The molecule has 1 aliphatic heterocycles. The molecule has 6 rings (SSSR count). The average Bonchev–Trinajstić information content (AvgIpc) is 3.01. The molecule has 1 saturated carbocycles. The van der Waals surface area contributed by atoms with Gasteiger partial charge in [0.25, 0.3) is 5.91 Å². The maximum absolute atomic E-state index is 14.2. The van der Waals surface area contributed by atoms with Gasteiger partial charge in [-0.25, -0.2) is 0 Å². The molecule has 3 aliphatic carbocycles. The zero-order valence-corrected chi connectivity index (χ0v) is 27.2. The fourth-order valence-electron chi connectivity index (χ4n) is 8.10. The van der Waals surface area contributed by atoms with Crippen molar-refractivity contribution in [3.05, 3.63) is 70.0 Å². The number of carbonyl (C=O) groups excluding carboxylic acids is 3. The van der Waals surface area contributed by atoms with Crippen molar-refractivity contribution >= 4 is 34.6 Å². The van der Waals surface area contributed by atoms with Crippen LogP contribution in [0.4, 0.5) is 11.4 Å². The number of hydrogen-bond acceptors (Lipinski definition) is 11. The first kappa shape index (κ1) is 32.5. The molecule has 0 bridgehead atoms. The number of hydrogen-bond donors (Lipinski definition) is 6. The van der Waals surface area contributed by atoms with Gasteiger partial charge in [0.05, 0.1) is 17.3 Å². The second-order valence-corrected chi connectivity index (χ2v) is 13.7. The minimum absolute atomic E-state index is 0.0426. The fraction of sp³-hybridized carbons (Fsp3) is 0.457. The molecule has 1 amide bonds. The Kier molecular flexibility index (Phi) is 8.31. The van der Waals surface area contributed by atoms with Crippen molar-refractivity contribution in [1.82, 2.24) is 9.80 Å². The minimum atomic E-state index is -2.67. The number of fused-ring (bicyclic) bond motifs is 3. The van der Waals surface area contributed by atoms with Gasteiger partial charge in [-0.2, -0.15) is 0 Å². The van der Waals surface area contributed by atoms with Crippen molar-refractivity contribution in [2.24, 2.45) is 17.6 Å². The summed E-state index contributed by atoms with van der Waals surface area (Å²) in [6.07, 6.45) is 1.94. The predicted octanol–water partition coefficient (Wildman–Crippen LogP) is 2.11. The molecule has 0 unspecified atom stereocenters. The summed E-state index contributed by atoms with van der Waals surface area (Å²) in [6, 6.07) is 11.1. The van der Waals surface area contributed by atoms with Crippen LogP contribution in [0.2, 0.25) is 0 Å². The van der Waals surface area contributed by atoms with Gasteiger partial charge in [0.2, 0.25) is 5.78 Å². The Balaban J connectivity index is 1.36. The van der Waals surface area contributed by atoms with Crippen molar-refractivity contribution in [3.63, 3.8) is 0 Å². The summed E-state index contributed by atoms with van der Waals surface area (Å²) >= 11 is 0. The smallest absolute Gasteiger partial charge is 0.255 e. The highest BCUT2D eigenvalue weighted by molar-refractivity contribution is 6.24. The summed E-state index contributed by atoms with van der Waals surface area (Å²) < 4.78 is 0. The number of piperidine rings is 1. The van der Waals surface area contributed by atoms with E-state index >= 15 is 0 Å². The molecule has 250 valence electrons. The molecule has 47 heavy (non-hydrogen) atoms. The number of aliphatic hydroxyl groups excluding tert-OH is 2. The van der Waals surface area contributed by atoms with Crippen LogP contribution < -0.4 is 16.0 Å². The summed E-state index contributed by atoms with van der Waals surface area (Å²) in [5.74, 6) is -6.62. The number of rotatable bonds is 7. The van der Waals surface area contributed by atoms with Crippen LogP contribution in [0, 0.1) is 11.8 Å². The Morgan fingerprint density at radius 3 is 2.32 bits per heavy atom. The van der Waals surface area contributed by atoms with Crippen molar-refractivity contribution in [2.75, 3.05) is 51.5 Å². The van der Waals surface area contributed by atoms with Crippen LogP contribution in [0.1, 0.15) is 36.0 Å². The van der Waals surface area contributed by atoms with Crippen LogP contribution >= 0.6 is 0 Å². The molecule has 2 aromatic carbocycles. The van der Waals surface area contributed by atoms with E-state index < -0.39 is 58.0 Å². The third kappa shape index (κ3) is 5.24. The van der Waals surface area contributed by atoms with Gasteiger partial charge < -0.3 is 36.4 Å². The van der Waals surface area contributed by atoms with E-state index in [1.807, 2.05) is 43.3 Å². The normalized spacial score (nSPS) is 26.6. The third-order valence-corrected chi connectivity index (χ3v) is 10.4. The highest BCUT2D eigenvalue weighted by Gasteiger charge is 2.64. The Morgan fingerprint density at radius 2 is 1.72 bits per heavy atom. The van der Waals surface area contributed by atoms with Crippen molar-refractivity contribution in [2.45, 2.75) is 49.9 Å². The zero-order chi connectivity index (χ0) is 33.9. The fourth-order valence-corrected chi connectivity index (χ4v) is 8.10.